The van der Waals surface area contributed by atoms with Crippen LogP contribution < -0.4 is 19.6 Å². The van der Waals surface area contributed by atoms with Crippen molar-refractivity contribution in [2.45, 2.75) is 31.8 Å². The van der Waals surface area contributed by atoms with E-state index in [0.717, 1.165) is 5.56 Å². The smallest absolute Gasteiger partial charge is 0.280 e. The molecule has 0 fully saturated rings. The van der Waals surface area contributed by atoms with E-state index in [9.17, 15) is 13.2 Å². The number of carbonyl (C=O) groups is 1. The van der Waals surface area contributed by atoms with Crippen LogP contribution in [-0.4, -0.2) is 33.3 Å². The van der Waals surface area contributed by atoms with E-state index in [1.807, 2.05) is 19.9 Å². The molecular formula is C21H22BrN3O5S. The number of halogens is 1. The van der Waals surface area contributed by atoms with Gasteiger partial charge >= 0.3 is 0 Å². The first-order valence-corrected chi connectivity index (χ1v) is 11.6. The normalized spacial score (nSPS) is 15.6. The maximum Gasteiger partial charge on any atom is 0.280 e. The van der Waals surface area contributed by atoms with E-state index >= 15 is 0 Å². The minimum Gasteiger partial charge on any atom is -0.493 e. The lowest BCUT2D eigenvalue weighted by Crippen LogP contribution is -2.21. The van der Waals surface area contributed by atoms with Gasteiger partial charge in [0.05, 0.1) is 39.6 Å². The minimum absolute atomic E-state index is 0.0330. The third kappa shape index (κ3) is 4.97. The van der Waals surface area contributed by atoms with E-state index in [2.05, 4.69) is 21.0 Å². The molecule has 31 heavy (non-hydrogen) atoms. The van der Waals surface area contributed by atoms with Crippen molar-refractivity contribution in [3.63, 3.8) is 0 Å². The Morgan fingerprint density at radius 3 is 2.39 bits per heavy atom. The number of primary sulfonamides is 1. The molecule has 0 atom stereocenters. The molecule has 10 heteroatoms. The second kappa shape index (κ2) is 8.81. The fourth-order valence-corrected chi connectivity index (χ4v) is 4.04. The predicted molar refractivity (Wildman–Crippen MR) is 123 cm³/mol. The van der Waals surface area contributed by atoms with Gasteiger partial charge in [0.1, 0.15) is 0 Å². The first-order valence-electron chi connectivity index (χ1n) is 9.30. The Morgan fingerprint density at radius 2 is 1.84 bits per heavy atom. The van der Waals surface area contributed by atoms with E-state index in [-0.39, 0.29) is 16.9 Å². The van der Waals surface area contributed by atoms with Gasteiger partial charge in [-0.05, 0) is 84.7 Å². The zero-order valence-electron chi connectivity index (χ0n) is 17.4. The Morgan fingerprint density at radius 1 is 1.19 bits per heavy atom. The summed E-state index contributed by atoms with van der Waals surface area (Å²) in [7, 11) is -2.27. The maximum atomic E-state index is 13.0. The quantitative estimate of drug-likeness (QED) is 0.599. The topological polar surface area (TPSA) is 111 Å². The second-order valence-corrected chi connectivity index (χ2v) is 9.52. The van der Waals surface area contributed by atoms with Crippen LogP contribution in [0.5, 0.6) is 11.5 Å². The van der Waals surface area contributed by atoms with Crippen LogP contribution in [0, 0.1) is 0 Å². The van der Waals surface area contributed by atoms with Crippen LogP contribution in [0.15, 0.2) is 56.4 Å². The number of anilines is 1. The van der Waals surface area contributed by atoms with E-state index in [4.69, 9.17) is 14.6 Å². The molecular weight excluding hydrogens is 486 g/mol. The standard InChI is InChI=1S/C21H22BrN3O5S/c1-12(2)30-20-18(22)10-14(11-19(20)29-4)9-17-13(3)24-25(21(17)26)15-5-7-16(8-6-15)31(23,27)28/h5-12H,1-4H3,(H2,23,27,28)/b17-9-. The molecule has 0 spiro atoms. The summed E-state index contributed by atoms with van der Waals surface area (Å²) in [5, 5.41) is 10.7. The summed E-state index contributed by atoms with van der Waals surface area (Å²) in [4.78, 5) is 12.9. The summed E-state index contributed by atoms with van der Waals surface area (Å²) in [5.41, 5.74) is 2.09. The average molecular weight is 508 g/mol. The largest absolute Gasteiger partial charge is 0.493 e. The summed E-state index contributed by atoms with van der Waals surface area (Å²) >= 11 is 3.50. The Bertz CT molecular complexity index is 1190. The van der Waals surface area contributed by atoms with Gasteiger partial charge in [0.25, 0.3) is 5.91 Å². The lowest BCUT2D eigenvalue weighted by molar-refractivity contribution is -0.114. The van der Waals surface area contributed by atoms with Gasteiger partial charge < -0.3 is 9.47 Å². The molecule has 164 valence electrons. The van der Waals surface area contributed by atoms with Crippen LogP contribution in [0.25, 0.3) is 6.08 Å². The van der Waals surface area contributed by atoms with Crippen molar-refractivity contribution in [1.82, 2.24) is 0 Å². The van der Waals surface area contributed by atoms with Crippen LogP contribution in [0.4, 0.5) is 5.69 Å². The molecule has 2 N–H and O–H groups in total. The van der Waals surface area contributed by atoms with Gasteiger partial charge in [-0.25, -0.2) is 13.6 Å². The SMILES string of the molecule is COc1cc(/C=C2\C(=O)N(c3ccc(S(N)(=O)=O)cc3)N=C2C)cc(Br)c1OC(C)C. The Hall–Kier alpha value is -2.69. The molecule has 0 saturated heterocycles. The molecule has 2 aromatic rings. The van der Waals surface area contributed by atoms with Gasteiger partial charge in [-0.1, -0.05) is 0 Å². The molecule has 1 aliphatic rings. The fourth-order valence-electron chi connectivity index (χ4n) is 2.98. The number of hydrogen-bond acceptors (Lipinski definition) is 6. The number of nitrogens with two attached hydrogens (primary N) is 1. The van der Waals surface area contributed by atoms with E-state index in [1.165, 1.54) is 29.3 Å². The van der Waals surface area contributed by atoms with Gasteiger partial charge in [0.15, 0.2) is 11.5 Å². The van der Waals surface area contributed by atoms with Gasteiger partial charge in [0.2, 0.25) is 10.0 Å². The Labute approximate surface area is 189 Å². The highest BCUT2D eigenvalue weighted by Gasteiger charge is 2.29. The van der Waals surface area contributed by atoms with Crippen molar-refractivity contribution >= 4 is 49.3 Å². The number of benzene rings is 2. The number of rotatable bonds is 6. The highest BCUT2D eigenvalue weighted by molar-refractivity contribution is 9.10. The summed E-state index contributed by atoms with van der Waals surface area (Å²) in [6.07, 6.45) is 1.68. The minimum atomic E-state index is -3.82. The van der Waals surface area contributed by atoms with Gasteiger partial charge in [-0.3, -0.25) is 4.79 Å². The summed E-state index contributed by atoms with van der Waals surface area (Å²) in [6, 6.07) is 9.24. The van der Waals surface area contributed by atoms with Crippen LogP contribution in [0.2, 0.25) is 0 Å². The highest BCUT2D eigenvalue weighted by atomic mass is 79.9. The number of sulfonamides is 1. The number of methoxy groups -OCH3 is 1. The van der Waals surface area contributed by atoms with Crippen molar-refractivity contribution in [1.29, 1.82) is 0 Å². The van der Waals surface area contributed by atoms with Crippen LogP contribution in [0.3, 0.4) is 0 Å². The van der Waals surface area contributed by atoms with Crippen molar-refractivity contribution in [2.75, 3.05) is 12.1 Å². The molecule has 0 saturated carbocycles. The average Bonchev–Trinajstić information content (AvgIpc) is 2.97. The molecule has 1 heterocycles. The van der Waals surface area contributed by atoms with Crippen molar-refractivity contribution in [2.24, 2.45) is 10.2 Å². The number of hydrogen-bond donors (Lipinski definition) is 1. The number of nitrogens with zero attached hydrogens (tertiary/aromatic N) is 2. The van der Waals surface area contributed by atoms with Gasteiger partial charge in [-0.15, -0.1) is 0 Å². The van der Waals surface area contributed by atoms with Crippen molar-refractivity contribution in [3.8, 4) is 11.5 Å². The van der Waals surface area contributed by atoms with Crippen LogP contribution in [0.1, 0.15) is 26.3 Å². The zero-order chi connectivity index (χ0) is 22.9. The summed E-state index contributed by atoms with van der Waals surface area (Å²) < 4.78 is 34.8. The Kier molecular flexibility index (Phi) is 6.54. The number of ether oxygens (including phenoxy) is 2. The highest BCUT2D eigenvalue weighted by Crippen LogP contribution is 2.38. The monoisotopic (exact) mass is 507 g/mol. The zero-order valence-corrected chi connectivity index (χ0v) is 19.8. The third-order valence-corrected chi connectivity index (χ3v) is 5.91. The van der Waals surface area contributed by atoms with Gasteiger partial charge in [0, 0.05) is 0 Å². The van der Waals surface area contributed by atoms with Crippen LogP contribution in [-0.2, 0) is 14.8 Å². The molecule has 1 aliphatic heterocycles. The predicted octanol–water partition coefficient (Wildman–Crippen LogP) is 3.70. The first kappa shape index (κ1) is 23.0. The molecule has 8 nitrogen and oxygen atoms in total. The molecule has 2 aromatic carbocycles. The molecule has 0 radical (unpaired) electrons. The van der Waals surface area contributed by atoms with E-state index in [1.54, 1.807) is 26.2 Å². The van der Waals surface area contributed by atoms with Crippen molar-refractivity contribution in [3.05, 3.63) is 52.0 Å². The molecule has 0 unspecified atom stereocenters. The van der Waals surface area contributed by atoms with Gasteiger partial charge in [-0.2, -0.15) is 10.1 Å². The van der Waals surface area contributed by atoms with Crippen molar-refractivity contribution < 1.29 is 22.7 Å². The molecule has 3 rings (SSSR count). The van der Waals surface area contributed by atoms with E-state index < -0.39 is 10.0 Å². The molecule has 0 aliphatic carbocycles. The number of hydrazone groups is 1. The maximum absolute atomic E-state index is 13.0. The molecule has 0 aromatic heterocycles. The third-order valence-electron chi connectivity index (χ3n) is 4.39. The second-order valence-electron chi connectivity index (χ2n) is 7.10. The lowest BCUT2D eigenvalue weighted by atomic mass is 10.1. The lowest BCUT2D eigenvalue weighted by Gasteiger charge is -2.16. The molecule has 1 amide bonds. The summed E-state index contributed by atoms with van der Waals surface area (Å²) in [6.45, 7) is 5.57. The van der Waals surface area contributed by atoms with Crippen LogP contribution >= 0.6 is 15.9 Å². The number of carbonyl (C=O) groups excluding carboxylic acids is 1. The fraction of sp³-hybridized carbons (Fsp3) is 0.238. The first-order chi connectivity index (χ1) is 14.5. The number of amides is 1. The molecule has 0 bridgehead atoms. The Balaban J connectivity index is 1.94. The summed E-state index contributed by atoms with van der Waals surface area (Å²) in [5.74, 6) is 0.781. The van der Waals surface area contributed by atoms with E-state index in [0.29, 0.717) is 32.9 Å².